The van der Waals surface area contributed by atoms with Gasteiger partial charge in [-0.1, -0.05) is 29.5 Å². The summed E-state index contributed by atoms with van der Waals surface area (Å²) in [5, 5.41) is 17.7. The van der Waals surface area contributed by atoms with Crippen LogP contribution in [-0.2, 0) is 11.2 Å². The van der Waals surface area contributed by atoms with Crippen molar-refractivity contribution in [1.82, 2.24) is 15.6 Å². The maximum absolute atomic E-state index is 12.2. The van der Waals surface area contributed by atoms with E-state index in [4.69, 9.17) is 14.2 Å². The van der Waals surface area contributed by atoms with Gasteiger partial charge in [0.25, 0.3) is 0 Å². The summed E-state index contributed by atoms with van der Waals surface area (Å²) in [6.07, 6.45) is 1.40. The molecule has 0 atom stereocenters. The molecule has 0 aliphatic carbocycles. The van der Waals surface area contributed by atoms with E-state index in [0.717, 1.165) is 11.3 Å². The van der Waals surface area contributed by atoms with Crippen LogP contribution in [0.15, 0.2) is 47.6 Å². The highest BCUT2D eigenvalue weighted by Gasteiger charge is 2.13. The number of hydrogen-bond acceptors (Lipinski definition) is 9. The summed E-state index contributed by atoms with van der Waals surface area (Å²) < 4.78 is 15.8. The van der Waals surface area contributed by atoms with E-state index in [0.29, 0.717) is 33.5 Å². The topological polar surface area (TPSA) is 136 Å². The predicted molar refractivity (Wildman–Crippen MR) is 125 cm³/mol. The first kappa shape index (κ1) is 23.5. The molecule has 11 nitrogen and oxygen atoms in total. The van der Waals surface area contributed by atoms with Crippen molar-refractivity contribution in [2.45, 2.75) is 6.42 Å². The van der Waals surface area contributed by atoms with Crippen LogP contribution in [0.1, 0.15) is 10.6 Å². The molecule has 3 aromatic rings. The maximum atomic E-state index is 12.2. The molecule has 0 radical (unpaired) electrons. The second-order valence-corrected chi connectivity index (χ2v) is 7.44. The van der Waals surface area contributed by atoms with Crippen LogP contribution in [0.2, 0.25) is 0 Å². The third-order valence-corrected chi connectivity index (χ3v) is 4.96. The zero-order chi connectivity index (χ0) is 23.6. The number of aromatic nitrogens is 2. The van der Waals surface area contributed by atoms with Gasteiger partial charge in [-0.15, -0.1) is 10.2 Å². The number of ether oxygens (including phenoxy) is 3. The molecule has 3 rings (SSSR count). The van der Waals surface area contributed by atoms with E-state index in [1.54, 1.807) is 36.4 Å². The third kappa shape index (κ3) is 6.64. The fourth-order valence-corrected chi connectivity index (χ4v) is 3.42. The molecule has 0 aliphatic heterocycles. The van der Waals surface area contributed by atoms with Gasteiger partial charge in [0.1, 0.15) is 5.01 Å². The number of methoxy groups -OCH3 is 3. The lowest BCUT2D eigenvalue weighted by Gasteiger charge is -2.12. The minimum absolute atomic E-state index is 0.0494. The van der Waals surface area contributed by atoms with E-state index in [1.807, 2.05) is 6.07 Å². The molecular formula is C21H22N6O5S. The Hall–Kier alpha value is -4.19. The first-order chi connectivity index (χ1) is 16.0. The Morgan fingerprint density at radius 3 is 2.33 bits per heavy atom. The zero-order valence-electron chi connectivity index (χ0n) is 18.1. The Morgan fingerprint density at radius 2 is 1.70 bits per heavy atom. The Morgan fingerprint density at radius 1 is 1.00 bits per heavy atom. The van der Waals surface area contributed by atoms with Crippen LogP contribution in [-0.4, -0.2) is 49.7 Å². The lowest BCUT2D eigenvalue weighted by molar-refractivity contribution is -0.120. The predicted octanol–water partition coefficient (Wildman–Crippen LogP) is 2.90. The molecule has 0 saturated carbocycles. The minimum Gasteiger partial charge on any atom is -0.493 e. The summed E-state index contributed by atoms with van der Waals surface area (Å²) in [5.74, 6) is 0.999. The van der Waals surface area contributed by atoms with Gasteiger partial charge in [0.05, 0.1) is 34.0 Å². The van der Waals surface area contributed by atoms with Gasteiger partial charge in [0, 0.05) is 11.3 Å². The lowest BCUT2D eigenvalue weighted by Crippen LogP contribution is -2.19. The van der Waals surface area contributed by atoms with Gasteiger partial charge in [-0.05, 0) is 24.3 Å². The van der Waals surface area contributed by atoms with Crippen molar-refractivity contribution in [3.63, 3.8) is 0 Å². The monoisotopic (exact) mass is 470 g/mol. The summed E-state index contributed by atoms with van der Waals surface area (Å²) >= 11 is 1.09. The van der Waals surface area contributed by atoms with Gasteiger partial charge < -0.3 is 19.5 Å². The van der Waals surface area contributed by atoms with Crippen LogP contribution in [0, 0.1) is 0 Å². The second kappa shape index (κ2) is 11.4. The van der Waals surface area contributed by atoms with E-state index >= 15 is 0 Å². The van der Waals surface area contributed by atoms with E-state index in [-0.39, 0.29) is 11.6 Å². The summed E-state index contributed by atoms with van der Waals surface area (Å²) in [6, 6.07) is 11.9. The number of anilines is 2. The Labute approximate surface area is 193 Å². The molecule has 1 aromatic heterocycles. The number of carbonyl (C=O) groups excluding carboxylic acids is 2. The fraction of sp³-hybridized carbons (Fsp3) is 0.190. The van der Waals surface area contributed by atoms with Crippen LogP contribution in [0.4, 0.5) is 15.6 Å². The van der Waals surface area contributed by atoms with Gasteiger partial charge in [0.15, 0.2) is 11.5 Å². The Bertz CT molecular complexity index is 1110. The molecule has 12 heteroatoms. The smallest absolute Gasteiger partial charge is 0.325 e. The van der Waals surface area contributed by atoms with Crippen molar-refractivity contribution in [2.24, 2.45) is 5.10 Å². The normalized spacial score (nSPS) is 10.5. The number of benzene rings is 2. The standard InChI is InChI=1S/C21H22N6O5S/c1-30-15-9-13(10-16(31-2)19(15)32-3)12-22-25-17(28)11-18-26-27-21(33-18)24-20(29)23-14-7-5-4-6-8-14/h4-10,12H,11H2,1-3H3,(H,25,28)(H2,23,24,27,29)/b22-12+. The highest BCUT2D eigenvalue weighted by Crippen LogP contribution is 2.37. The largest absolute Gasteiger partial charge is 0.493 e. The zero-order valence-corrected chi connectivity index (χ0v) is 18.9. The van der Waals surface area contributed by atoms with Crippen molar-refractivity contribution >= 4 is 40.3 Å². The van der Waals surface area contributed by atoms with E-state index in [1.165, 1.54) is 27.5 Å². The molecule has 0 unspecified atom stereocenters. The number of para-hydroxylation sites is 1. The molecule has 3 amide bonds. The molecule has 0 aliphatic rings. The SMILES string of the molecule is COc1cc(/C=N/NC(=O)Cc2nnc(NC(=O)Nc3ccccc3)s2)cc(OC)c1OC. The van der Waals surface area contributed by atoms with Crippen molar-refractivity contribution in [3.05, 3.63) is 53.0 Å². The molecule has 3 N–H and O–H groups in total. The fourth-order valence-electron chi connectivity index (χ4n) is 2.69. The summed E-state index contributed by atoms with van der Waals surface area (Å²) in [5.41, 5.74) is 3.70. The van der Waals surface area contributed by atoms with Gasteiger partial charge in [-0.2, -0.15) is 5.10 Å². The third-order valence-electron chi connectivity index (χ3n) is 4.12. The van der Waals surface area contributed by atoms with Crippen molar-refractivity contribution in [2.75, 3.05) is 32.0 Å². The summed E-state index contributed by atoms with van der Waals surface area (Å²) in [6.45, 7) is 0. The average Bonchev–Trinajstić information content (AvgIpc) is 3.25. The number of amides is 3. The number of urea groups is 1. The van der Waals surface area contributed by atoms with Crippen molar-refractivity contribution < 1.29 is 23.8 Å². The van der Waals surface area contributed by atoms with Crippen molar-refractivity contribution in [1.29, 1.82) is 0 Å². The number of nitrogens with zero attached hydrogens (tertiary/aromatic N) is 3. The molecule has 2 aromatic carbocycles. The van der Waals surface area contributed by atoms with E-state index in [2.05, 4.69) is 31.4 Å². The molecule has 172 valence electrons. The highest BCUT2D eigenvalue weighted by atomic mass is 32.1. The average molecular weight is 471 g/mol. The van der Waals surface area contributed by atoms with Crippen LogP contribution in [0.5, 0.6) is 17.2 Å². The van der Waals surface area contributed by atoms with Gasteiger partial charge >= 0.3 is 6.03 Å². The highest BCUT2D eigenvalue weighted by molar-refractivity contribution is 7.15. The molecule has 33 heavy (non-hydrogen) atoms. The van der Waals surface area contributed by atoms with Gasteiger partial charge in [0.2, 0.25) is 16.8 Å². The van der Waals surface area contributed by atoms with Crippen LogP contribution in [0.25, 0.3) is 0 Å². The molecule has 0 fully saturated rings. The quantitative estimate of drug-likeness (QED) is 0.323. The number of hydrazone groups is 1. The Balaban J connectivity index is 1.53. The number of nitrogens with one attached hydrogen (secondary N) is 3. The van der Waals surface area contributed by atoms with Crippen LogP contribution in [0.3, 0.4) is 0 Å². The first-order valence-electron chi connectivity index (χ1n) is 9.59. The lowest BCUT2D eigenvalue weighted by atomic mass is 10.2. The minimum atomic E-state index is -0.455. The summed E-state index contributed by atoms with van der Waals surface area (Å²) in [4.78, 5) is 24.2. The van der Waals surface area contributed by atoms with Crippen molar-refractivity contribution in [3.8, 4) is 17.2 Å². The molecule has 1 heterocycles. The first-order valence-corrected chi connectivity index (χ1v) is 10.4. The van der Waals surface area contributed by atoms with Gasteiger partial charge in [-0.25, -0.2) is 10.2 Å². The molecular weight excluding hydrogens is 448 g/mol. The molecule has 0 bridgehead atoms. The molecule has 0 spiro atoms. The number of rotatable bonds is 9. The van der Waals surface area contributed by atoms with E-state index in [9.17, 15) is 9.59 Å². The Kier molecular flexibility index (Phi) is 8.13. The summed E-state index contributed by atoms with van der Waals surface area (Å²) in [7, 11) is 4.53. The second-order valence-electron chi connectivity index (χ2n) is 6.37. The van der Waals surface area contributed by atoms with Crippen LogP contribution < -0.4 is 30.3 Å². The molecule has 0 saturated heterocycles. The maximum Gasteiger partial charge on any atom is 0.325 e. The van der Waals surface area contributed by atoms with Crippen LogP contribution >= 0.6 is 11.3 Å². The number of hydrogen-bond donors (Lipinski definition) is 3. The van der Waals surface area contributed by atoms with E-state index < -0.39 is 11.9 Å². The van der Waals surface area contributed by atoms with Gasteiger partial charge in [-0.3, -0.25) is 10.1 Å². The number of carbonyl (C=O) groups is 2.